The molecule has 5 nitrogen and oxygen atoms in total. The first-order chi connectivity index (χ1) is 11.6. The van der Waals surface area contributed by atoms with Gasteiger partial charge in [0, 0.05) is 17.3 Å². The van der Waals surface area contributed by atoms with Gasteiger partial charge in [0.15, 0.2) is 0 Å². The van der Waals surface area contributed by atoms with Crippen LogP contribution >= 0.6 is 0 Å². The molecule has 2 aliphatic heterocycles. The van der Waals surface area contributed by atoms with Gasteiger partial charge in [0.2, 0.25) is 0 Å². The van der Waals surface area contributed by atoms with Crippen molar-refractivity contribution in [1.82, 2.24) is 10.6 Å². The van der Waals surface area contributed by atoms with E-state index in [9.17, 15) is 9.59 Å². The molecule has 2 N–H and O–H groups in total. The van der Waals surface area contributed by atoms with Crippen LogP contribution in [0.1, 0.15) is 63.6 Å². The maximum Gasteiger partial charge on any atom is 0.326 e. The molecule has 1 saturated heterocycles. The summed E-state index contributed by atoms with van der Waals surface area (Å²) >= 11 is 0. The van der Waals surface area contributed by atoms with Crippen molar-refractivity contribution in [2.75, 3.05) is 4.90 Å². The quantitative estimate of drug-likeness (QED) is 0.637. The van der Waals surface area contributed by atoms with Gasteiger partial charge in [0.05, 0.1) is 0 Å². The van der Waals surface area contributed by atoms with Crippen LogP contribution in [0.2, 0.25) is 0 Å². The van der Waals surface area contributed by atoms with E-state index in [1.54, 1.807) is 6.08 Å². The second-order valence-corrected chi connectivity index (χ2v) is 8.12. The first-order valence-electron chi connectivity index (χ1n) is 8.88. The Labute approximate surface area is 149 Å². The molecule has 2 aliphatic rings. The summed E-state index contributed by atoms with van der Waals surface area (Å²) in [6, 6.07) is 4.33. The van der Waals surface area contributed by atoms with E-state index in [-0.39, 0.29) is 11.4 Å². The molecular formula is C20H27N3O2. The van der Waals surface area contributed by atoms with Crippen LogP contribution in [0.3, 0.4) is 0 Å². The van der Waals surface area contributed by atoms with Gasteiger partial charge in [0.25, 0.3) is 5.91 Å². The van der Waals surface area contributed by atoms with E-state index in [1.807, 2.05) is 6.92 Å². The highest BCUT2D eigenvalue weighted by Crippen LogP contribution is 2.45. The largest absolute Gasteiger partial charge is 0.364 e. The smallest absolute Gasteiger partial charge is 0.326 e. The van der Waals surface area contributed by atoms with E-state index in [0.29, 0.717) is 17.7 Å². The van der Waals surface area contributed by atoms with Gasteiger partial charge in [-0.25, -0.2) is 4.79 Å². The van der Waals surface area contributed by atoms with Crippen LogP contribution in [-0.4, -0.2) is 23.5 Å². The average Bonchev–Trinajstić information content (AvgIpc) is 2.77. The van der Waals surface area contributed by atoms with Crippen molar-refractivity contribution < 1.29 is 9.59 Å². The molecule has 25 heavy (non-hydrogen) atoms. The van der Waals surface area contributed by atoms with E-state index in [4.69, 9.17) is 0 Å². The zero-order valence-corrected chi connectivity index (χ0v) is 15.9. The Balaban J connectivity index is 2.10. The number of rotatable bonds is 2. The molecule has 3 amide bonds. The Morgan fingerprint density at radius 3 is 2.48 bits per heavy atom. The third-order valence-electron chi connectivity index (χ3n) is 5.20. The van der Waals surface area contributed by atoms with Crippen LogP contribution in [0.5, 0.6) is 0 Å². The molecule has 1 unspecified atom stereocenters. The SMILES string of the molecule is Cc1cc2c(cc1/C=C1/NC(=O)NC1=O)C(C)CC(C)(C)N2C(C)C. The summed E-state index contributed by atoms with van der Waals surface area (Å²) in [5.41, 5.74) is 5.05. The van der Waals surface area contributed by atoms with Crippen molar-refractivity contribution in [2.24, 2.45) is 0 Å². The molecule has 1 aromatic rings. The van der Waals surface area contributed by atoms with Gasteiger partial charge in [0.1, 0.15) is 5.70 Å². The highest BCUT2D eigenvalue weighted by atomic mass is 16.2. The molecule has 5 heteroatoms. The third kappa shape index (κ3) is 3.03. The Morgan fingerprint density at radius 1 is 1.24 bits per heavy atom. The fourth-order valence-electron chi connectivity index (χ4n) is 4.38. The first-order valence-corrected chi connectivity index (χ1v) is 8.88. The minimum atomic E-state index is -0.465. The normalized spacial score (nSPS) is 23.7. The Morgan fingerprint density at radius 2 is 1.92 bits per heavy atom. The molecule has 0 bridgehead atoms. The number of benzene rings is 1. The number of amides is 3. The second kappa shape index (κ2) is 5.90. The molecule has 3 rings (SSSR count). The van der Waals surface area contributed by atoms with E-state index >= 15 is 0 Å². The number of hydrogen-bond donors (Lipinski definition) is 2. The molecule has 1 fully saturated rings. The standard InChI is InChI=1S/C20H27N3O2/c1-11(2)23-17-7-12(3)14(9-16-18(24)22-19(25)21-16)8-15(17)13(4)10-20(23,5)6/h7-9,11,13H,10H2,1-6H3,(H2,21,22,24,25)/b16-9+. The van der Waals surface area contributed by atoms with Crippen LogP contribution in [0.25, 0.3) is 6.08 Å². The van der Waals surface area contributed by atoms with E-state index < -0.39 is 6.03 Å². The predicted molar refractivity (Wildman–Crippen MR) is 101 cm³/mol. The molecule has 0 aliphatic carbocycles. The van der Waals surface area contributed by atoms with E-state index in [2.05, 4.69) is 62.3 Å². The summed E-state index contributed by atoms with van der Waals surface area (Å²) in [6.45, 7) is 13.4. The minimum Gasteiger partial charge on any atom is -0.364 e. The maximum absolute atomic E-state index is 11.8. The first kappa shape index (κ1) is 17.5. The van der Waals surface area contributed by atoms with E-state index in [0.717, 1.165) is 17.5 Å². The van der Waals surface area contributed by atoms with Gasteiger partial charge < -0.3 is 10.2 Å². The predicted octanol–water partition coefficient (Wildman–Crippen LogP) is 3.68. The van der Waals surface area contributed by atoms with Crippen molar-refractivity contribution in [3.8, 4) is 0 Å². The third-order valence-corrected chi connectivity index (χ3v) is 5.20. The van der Waals surface area contributed by atoms with Crippen molar-refractivity contribution in [3.05, 3.63) is 34.5 Å². The highest BCUT2D eigenvalue weighted by Gasteiger charge is 2.38. The molecule has 2 heterocycles. The lowest BCUT2D eigenvalue weighted by molar-refractivity contribution is -0.115. The molecule has 134 valence electrons. The molecular weight excluding hydrogens is 314 g/mol. The van der Waals surface area contributed by atoms with E-state index in [1.165, 1.54) is 11.3 Å². The molecule has 1 atom stereocenters. The maximum atomic E-state index is 11.8. The number of fused-ring (bicyclic) bond motifs is 1. The van der Waals surface area contributed by atoms with Crippen LogP contribution in [0.15, 0.2) is 17.8 Å². The summed E-state index contributed by atoms with van der Waals surface area (Å²) in [6.07, 6.45) is 2.84. The second-order valence-electron chi connectivity index (χ2n) is 8.12. The zero-order chi connectivity index (χ0) is 18.5. The number of nitrogens with zero attached hydrogens (tertiary/aromatic N) is 1. The lowest BCUT2D eigenvalue weighted by atomic mass is 9.78. The Hall–Kier alpha value is -2.30. The molecule has 1 aromatic carbocycles. The van der Waals surface area contributed by atoms with Crippen molar-refractivity contribution in [3.63, 3.8) is 0 Å². The van der Waals surface area contributed by atoms with Gasteiger partial charge in [-0.3, -0.25) is 10.1 Å². The number of urea groups is 1. The molecule has 0 aromatic heterocycles. The number of aryl methyl sites for hydroxylation is 1. The number of imide groups is 1. The number of carbonyl (C=O) groups excluding carboxylic acids is 2. The van der Waals surface area contributed by atoms with Crippen molar-refractivity contribution in [1.29, 1.82) is 0 Å². The van der Waals surface area contributed by atoms with Crippen LogP contribution in [0, 0.1) is 6.92 Å². The summed E-state index contributed by atoms with van der Waals surface area (Å²) < 4.78 is 0. The Kier molecular flexibility index (Phi) is 4.13. The van der Waals surface area contributed by atoms with Crippen LogP contribution < -0.4 is 15.5 Å². The number of hydrogen-bond acceptors (Lipinski definition) is 3. The van der Waals surface area contributed by atoms with Crippen molar-refractivity contribution >= 4 is 23.7 Å². The summed E-state index contributed by atoms with van der Waals surface area (Å²) in [5, 5.41) is 4.81. The number of carbonyl (C=O) groups is 2. The van der Waals surface area contributed by atoms with Crippen LogP contribution in [0.4, 0.5) is 10.5 Å². The van der Waals surface area contributed by atoms with Crippen LogP contribution in [-0.2, 0) is 4.79 Å². The van der Waals surface area contributed by atoms with Crippen molar-refractivity contribution in [2.45, 2.75) is 65.5 Å². The average molecular weight is 341 g/mol. The summed E-state index contributed by atoms with van der Waals surface area (Å²) in [7, 11) is 0. The van der Waals surface area contributed by atoms with Gasteiger partial charge in [-0.2, -0.15) is 0 Å². The Bertz CT molecular complexity index is 777. The molecule has 0 saturated carbocycles. The zero-order valence-electron chi connectivity index (χ0n) is 15.9. The van der Waals surface area contributed by atoms with Gasteiger partial charge >= 0.3 is 6.03 Å². The summed E-state index contributed by atoms with van der Waals surface area (Å²) in [5.74, 6) is 0.0601. The lowest BCUT2D eigenvalue weighted by Crippen LogP contribution is -2.51. The molecule has 0 radical (unpaired) electrons. The summed E-state index contributed by atoms with van der Waals surface area (Å²) in [4.78, 5) is 25.6. The minimum absolute atomic E-state index is 0.103. The fourth-order valence-corrected chi connectivity index (χ4v) is 4.38. The van der Waals surface area contributed by atoms with Gasteiger partial charge in [-0.15, -0.1) is 0 Å². The van der Waals surface area contributed by atoms with Gasteiger partial charge in [-0.05, 0) is 81.9 Å². The highest BCUT2D eigenvalue weighted by molar-refractivity contribution is 6.14. The fraction of sp³-hybridized carbons (Fsp3) is 0.500. The van der Waals surface area contributed by atoms with Gasteiger partial charge in [-0.1, -0.05) is 6.92 Å². The number of nitrogens with one attached hydrogen (secondary N) is 2. The topological polar surface area (TPSA) is 61.4 Å². The number of anilines is 1. The lowest BCUT2D eigenvalue weighted by Gasteiger charge is -2.50. The monoisotopic (exact) mass is 341 g/mol. The molecule has 0 spiro atoms.